The zero-order chi connectivity index (χ0) is 21.8. The van der Waals surface area contributed by atoms with Crippen LogP contribution in [0.2, 0.25) is 0 Å². The summed E-state index contributed by atoms with van der Waals surface area (Å²) in [7, 11) is 0. The van der Waals surface area contributed by atoms with Gasteiger partial charge in [-0.05, 0) is 43.9 Å². The number of pyridine rings is 1. The molecule has 0 spiro atoms. The van der Waals surface area contributed by atoms with Gasteiger partial charge in [0.15, 0.2) is 5.65 Å². The number of benzene rings is 1. The van der Waals surface area contributed by atoms with Gasteiger partial charge in [0, 0.05) is 32.0 Å². The molecule has 4 rings (SSSR count). The lowest BCUT2D eigenvalue weighted by Gasteiger charge is -2.26. The van der Waals surface area contributed by atoms with E-state index < -0.39 is 0 Å². The van der Waals surface area contributed by atoms with Crippen LogP contribution in [0.15, 0.2) is 36.7 Å². The predicted octanol–water partition coefficient (Wildman–Crippen LogP) is 3.63. The van der Waals surface area contributed by atoms with Gasteiger partial charge in [0.2, 0.25) is 0 Å². The van der Waals surface area contributed by atoms with Crippen LogP contribution in [0.5, 0.6) is 5.75 Å². The minimum atomic E-state index is -0.218. The van der Waals surface area contributed by atoms with E-state index in [9.17, 15) is 9.90 Å². The zero-order valence-corrected chi connectivity index (χ0v) is 18.0. The van der Waals surface area contributed by atoms with E-state index in [2.05, 4.69) is 20.7 Å². The molecule has 8 nitrogen and oxygen atoms in total. The number of fused-ring (bicyclic) bond motifs is 1. The highest BCUT2D eigenvalue weighted by Gasteiger charge is 2.23. The van der Waals surface area contributed by atoms with Crippen LogP contribution in [-0.4, -0.2) is 45.0 Å². The molecular weight excluding hydrogens is 394 g/mol. The third kappa shape index (κ3) is 4.49. The first-order chi connectivity index (χ1) is 15.1. The second-order valence-electron chi connectivity index (χ2n) is 7.80. The third-order valence-electron chi connectivity index (χ3n) is 5.77. The van der Waals surface area contributed by atoms with Crippen LogP contribution in [0.3, 0.4) is 0 Å². The summed E-state index contributed by atoms with van der Waals surface area (Å²) in [5.41, 5.74) is 2.88. The lowest BCUT2D eigenvalue weighted by molar-refractivity contribution is 0.0903. The zero-order valence-electron chi connectivity index (χ0n) is 18.0. The molecule has 3 heterocycles. The molecule has 0 bridgehead atoms. The minimum absolute atomic E-state index is 0.183. The second kappa shape index (κ2) is 9.34. The van der Waals surface area contributed by atoms with Crippen molar-refractivity contribution in [3.63, 3.8) is 0 Å². The van der Waals surface area contributed by atoms with Crippen molar-refractivity contribution in [2.24, 2.45) is 0 Å². The van der Waals surface area contributed by atoms with E-state index in [0.717, 1.165) is 35.1 Å². The van der Waals surface area contributed by atoms with Crippen molar-refractivity contribution in [2.75, 3.05) is 18.5 Å². The standard InChI is InChI=1S/C23H29N5O3/c1-3-20(15-6-5-7-17(29)12-15)27-23(30)19-13-24-22-18(14-25-28(22)4-2)21(19)26-16-8-10-31-11-9-16/h5-7,12-14,16,20,29H,3-4,8-11H2,1-2H3,(H,24,26)(H,27,30). The number of aryl methyl sites for hydroxylation is 1. The Hall–Kier alpha value is -3.13. The van der Waals surface area contributed by atoms with E-state index in [-0.39, 0.29) is 23.7 Å². The molecule has 0 saturated carbocycles. The first-order valence-electron chi connectivity index (χ1n) is 10.9. The number of rotatable bonds is 7. The molecule has 1 aliphatic rings. The second-order valence-corrected chi connectivity index (χ2v) is 7.80. The van der Waals surface area contributed by atoms with Crippen molar-refractivity contribution >= 4 is 22.6 Å². The number of carbonyl (C=O) groups is 1. The first kappa shape index (κ1) is 21.1. The number of aromatic nitrogens is 3. The Kier molecular flexibility index (Phi) is 6.36. The van der Waals surface area contributed by atoms with Crippen molar-refractivity contribution in [3.8, 4) is 5.75 Å². The molecule has 1 fully saturated rings. The highest BCUT2D eigenvalue weighted by molar-refractivity contribution is 6.06. The summed E-state index contributed by atoms with van der Waals surface area (Å²) < 4.78 is 7.31. The molecule has 0 radical (unpaired) electrons. The van der Waals surface area contributed by atoms with E-state index in [0.29, 0.717) is 31.7 Å². The summed E-state index contributed by atoms with van der Waals surface area (Å²) in [6.07, 6.45) is 5.86. The fourth-order valence-electron chi connectivity index (χ4n) is 4.03. The SMILES string of the molecule is CCC(NC(=O)c1cnc2c(cnn2CC)c1NC1CCOCC1)c1cccc(O)c1. The number of anilines is 1. The van der Waals surface area contributed by atoms with E-state index in [1.165, 1.54) is 0 Å². The number of ether oxygens (including phenoxy) is 1. The van der Waals surface area contributed by atoms with Gasteiger partial charge in [-0.25, -0.2) is 9.67 Å². The van der Waals surface area contributed by atoms with Gasteiger partial charge in [0.1, 0.15) is 5.75 Å². The van der Waals surface area contributed by atoms with Crippen LogP contribution >= 0.6 is 0 Å². The van der Waals surface area contributed by atoms with Crippen LogP contribution in [0.4, 0.5) is 5.69 Å². The minimum Gasteiger partial charge on any atom is -0.508 e. The van der Waals surface area contributed by atoms with Gasteiger partial charge in [0.25, 0.3) is 5.91 Å². The Morgan fingerprint density at radius 1 is 1.29 bits per heavy atom. The average molecular weight is 424 g/mol. The molecule has 164 valence electrons. The molecule has 2 aromatic heterocycles. The number of aromatic hydroxyl groups is 1. The van der Waals surface area contributed by atoms with Crippen LogP contribution in [0.1, 0.15) is 55.1 Å². The quantitative estimate of drug-likeness (QED) is 0.536. The lowest BCUT2D eigenvalue weighted by atomic mass is 10.0. The van der Waals surface area contributed by atoms with E-state index in [4.69, 9.17) is 4.74 Å². The van der Waals surface area contributed by atoms with Gasteiger partial charge in [0.05, 0.1) is 28.9 Å². The van der Waals surface area contributed by atoms with Crippen LogP contribution < -0.4 is 10.6 Å². The first-order valence-corrected chi connectivity index (χ1v) is 10.9. The molecule has 1 amide bonds. The van der Waals surface area contributed by atoms with Gasteiger partial charge < -0.3 is 20.5 Å². The molecular formula is C23H29N5O3. The molecule has 1 atom stereocenters. The fraction of sp³-hybridized carbons (Fsp3) is 0.435. The summed E-state index contributed by atoms with van der Waals surface area (Å²) in [4.78, 5) is 17.9. The fourth-order valence-corrected chi connectivity index (χ4v) is 4.03. The Morgan fingerprint density at radius 2 is 2.10 bits per heavy atom. The number of phenols is 1. The smallest absolute Gasteiger partial charge is 0.255 e. The lowest BCUT2D eigenvalue weighted by Crippen LogP contribution is -2.32. The number of hydrogen-bond donors (Lipinski definition) is 3. The van der Waals surface area contributed by atoms with E-state index >= 15 is 0 Å². The average Bonchev–Trinajstić information content (AvgIpc) is 3.22. The highest BCUT2D eigenvalue weighted by Crippen LogP contribution is 2.29. The van der Waals surface area contributed by atoms with Gasteiger partial charge in [-0.2, -0.15) is 5.10 Å². The number of nitrogens with one attached hydrogen (secondary N) is 2. The van der Waals surface area contributed by atoms with E-state index in [1.807, 2.05) is 24.6 Å². The Labute approximate surface area is 181 Å². The predicted molar refractivity (Wildman–Crippen MR) is 119 cm³/mol. The van der Waals surface area contributed by atoms with Gasteiger partial charge in [-0.3, -0.25) is 4.79 Å². The van der Waals surface area contributed by atoms with Crippen LogP contribution in [0.25, 0.3) is 11.0 Å². The number of carbonyl (C=O) groups excluding carboxylic acids is 1. The number of nitrogens with zero attached hydrogens (tertiary/aromatic N) is 3. The maximum atomic E-state index is 13.3. The summed E-state index contributed by atoms with van der Waals surface area (Å²) in [6.45, 7) is 6.13. The maximum absolute atomic E-state index is 13.3. The molecule has 1 saturated heterocycles. The normalized spacial score (nSPS) is 15.7. The largest absolute Gasteiger partial charge is 0.508 e. The Morgan fingerprint density at radius 3 is 2.81 bits per heavy atom. The number of amides is 1. The summed E-state index contributed by atoms with van der Waals surface area (Å²) in [5.74, 6) is -0.0226. The van der Waals surface area contributed by atoms with E-state index in [1.54, 1.807) is 30.6 Å². The van der Waals surface area contributed by atoms with Crippen molar-refractivity contribution in [2.45, 2.75) is 51.7 Å². The molecule has 1 unspecified atom stereocenters. The van der Waals surface area contributed by atoms with Crippen molar-refractivity contribution < 1.29 is 14.6 Å². The summed E-state index contributed by atoms with van der Waals surface area (Å²) >= 11 is 0. The molecule has 3 aromatic rings. The summed E-state index contributed by atoms with van der Waals surface area (Å²) in [6, 6.07) is 7.00. The van der Waals surface area contributed by atoms with Crippen molar-refractivity contribution in [1.82, 2.24) is 20.1 Å². The monoisotopic (exact) mass is 423 g/mol. The third-order valence-corrected chi connectivity index (χ3v) is 5.77. The van der Waals surface area contributed by atoms with Crippen LogP contribution in [-0.2, 0) is 11.3 Å². The van der Waals surface area contributed by atoms with Gasteiger partial charge >= 0.3 is 0 Å². The Balaban J connectivity index is 1.67. The molecule has 0 aliphatic carbocycles. The molecule has 31 heavy (non-hydrogen) atoms. The number of phenolic OH excluding ortho intramolecular Hbond substituents is 1. The summed E-state index contributed by atoms with van der Waals surface area (Å²) in [5, 5.41) is 21.8. The Bertz CT molecular complexity index is 1060. The van der Waals surface area contributed by atoms with Crippen LogP contribution in [0, 0.1) is 0 Å². The molecule has 1 aromatic carbocycles. The van der Waals surface area contributed by atoms with Crippen molar-refractivity contribution in [1.29, 1.82) is 0 Å². The maximum Gasteiger partial charge on any atom is 0.255 e. The van der Waals surface area contributed by atoms with Gasteiger partial charge in [-0.15, -0.1) is 0 Å². The number of hydrogen-bond acceptors (Lipinski definition) is 6. The van der Waals surface area contributed by atoms with Crippen molar-refractivity contribution in [3.05, 3.63) is 47.8 Å². The molecule has 3 N–H and O–H groups in total. The highest BCUT2D eigenvalue weighted by atomic mass is 16.5. The molecule has 1 aliphatic heterocycles. The molecule has 8 heteroatoms. The topological polar surface area (TPSA) is 101 Å². The van der Waals surface area contributed by atoms with Gasteiger partial charge in [-0.1, -0.05) is 19.1 Å².